The maximum atomic E-state index is 12.7. The number of hydrogen-bond acceptors (Lipinski definition) is 11. The number of benzene rings is 1. The summed E-state index contributed by atoms with van der Waals surface area (Å²) < 4.78 is 67.1. The average Bonchev–Trinajstić information content (AvgIpc) is 3.03. The van der Waals surface area contributed by atoms with Gasteiger partial charge < -0.3 is 19.1 Å². The molecule has 0 aromatic heterocycles. The fourth-order valence-electron chi connectivity index (χ4n) is 3.65. The highest BCUT2D eigenvalue weighted by molar-refractivity contribution is 7.74. The van der Waals surface area contributed by atoms with Crippen LogP contribution in [0.4, 0.5) is 18.9 Å². The van der Waals surface area contributed by atoms with Crippen LogP contribution in [0.15, 0.2) is 18.2 Å². The van der Waals surface area contributed by atoms with Crippen LogP contribution in [0.5, 0.6) is 0 Å². The summed E-state index contributed by atoms with van der Waals surface area (Å²) in [6.45, 7) is 2.63. The van der Waals surface area contributed by atoms with E-state index in [1.807, 2.05) is 7.05 Å². The minimum absolute atomic E-state index is 0.119. The molecule has 16 heteroatoms. The summed E-state index contributed by atoms with van der Waals surface area (Å²) in [5, 5.41) is 0. The van der Waals surface area contributed by atoms with Gasteiger partial charge in [-0.2, -0.15) is 13.2 Å². The van der Waals surface area contributed by atoms with E-state index in [0.29, 0.717) is 23.7 Å². The first-order valence-corrected chi connectivity index (χ1v) is 11.6. The second kappa shape index (κ2) is 11.4. The number of amides is 2. The predicted molar refractivity (Wildman–Crippen MR) is 115 cm³/mol. The third-order valence-electron chi connectivity index (χ3n) is 5.63. The second-order valence-corrected chi connectivity index (χ2v) is 8.69. The number of hydrogen-bond donors (Lipinski definition) is 0. The van der Waals surface area contributed by atoms with E-state index in [-0.39, 0.29) is 17.9 Å². The zero-order valence-corrected chi connectivity index (χ0v) is 19.8. The number of carbonyl (C=O) groups is 4. The number of imide groups is 1. The largest absolute Gasteiger partial charge is 0.750 e. The highest BCUT2D eigenvalue weighted by Gasteiger charge is 2.44. The van der Waals surface area contributed by atoms with Gasteiger partial charge >= 0.3 is 18.1 Å². The van der Waals surface area contributed by atoms with Gasteiger partial charge in [-0.15, -0.1) is 0 Å². The van der Waals surface area contributed by atoms with Crippen LogP contribution in [-0.2, 0) is 29.9 Å². The lowest BCUT2D eigenvalue weighted by atomic mass is 10.1. The van der Waals surface area contributed by atoms with Crippen LogP contribution in [0.1, 0.15) is 20.7 Å². The Kier molecular flexibility index (Phi) is 8.78. The molecule has 0 bridgehead atoms. The van der Waals surface area contributed by atoms with Crippen LogP contribution in [0.25, 0.3) is 0 Å². The molecular weight excluding hydrogens is 513 g/mol. The third kappa shape index (κ3) is 6.85. The lowest BCUT2D eigenvalue weighted by Crippen LogP contribution is -2.47. The molecule has 36 heavy (non-hydrogen) atoms. The van der Waals surface area contributed by atoms with E-state index in [1.165, 1.54) is 23.1 Å². The lowest BCUT2D eigenvalue weighted by Gasteiger charge is -2.34. The molecule has 198 valence electrons. The number of carbonyl (C=O) groups excluding carboxylic acids is 4. The Balaban J connectivity index is 1.72. The number of ether oxygens (including phenoxy) is 1. The Morgan fingerprint density at radius 1 is 1.11 bits per heavy atom. The van der Waals surface area contributed by atoms with Gasteiger partial charge in [0.25, 0.3) is 11.8 Å². The van der Waals surface area contributed by atoms with Crippen molar-refractivity contribution in [2.45, 2.75) is 6.18 Å². The van der Waals surface area contributed by atoms with Crippen molar-refractivity contribution < 1.29 is 50.0 Å². The van der Waals surface area contributed by atoms with E-state index in [9.17, 15) is 41.1 Å². The van der Waals surface area contributed by atoms with E-state index >= 15 is 0 Å². The van der Waals surface area contributed by atoms with Crippen molar-refractivity contribution in [3.8, 4) is 0 Å². The first-order chi connectivity index (χ1) is 16.9. The molecule has 3 rings (SSSR count). The highest BCUT2D eigenvalue weighted by atomic mass is 32.2. The van der Waals surface area contributed by atoms with E-state index in [1.54, 1.807) is 0 Å². The molecule has 0 N–H and O–H groups in total. The molecule has 12 nitrogen and oxygen atoms in total. The topological polar surface area (TPSA) is 140 Å². The molecule has 0 aliphatic carbocycles. The van der Waals surface area contributed by atoms with Crippen LogP contribution in [0.2, 0.25) is 0 Å². The van der Waals surface area contributed by atoms with E-state index in [0.717, 1.165) is 26.2 Å². The number of esters is 2. The van der Waals surface area contributed by atoms with E-state index in [4.69, 9.17) is 0 Å². The number of fused-ring (bicyclic) bond motifs is 1. The number of alkyl halides is 3. The Hall–Kier alpha value is -2.92. The van der Waals surface area contributed by atoms with Crippen molar-refractivity contribution in [1.29, 1.82) is 0 Å². The second-order valence-electron chi connectivity index (χ2n) is 8.05. The summed E-state index contributed by atoms with van der Waals surface area (Å²) >= 11 is -2.81. The fraction of sp³-hybridized carbons (Fsp3) is 0.500. The molecule has 0 radical (unpaired) electrons. The first kappa shape index (κ1) is 27.7. The minimum atomic E-state index is -5.42. The zero-order valence-electron chi connectivity index (χ0n) is 19.0. The molecule has 1 atom stereocenters. The standard InChI is InChI=1S/C20H23F3N4O8S/c1-24-4-6-25(7-5-24)8-9-26(12-34-36(32)33)13-2-3-14-15(10-13)18(30)27(17(14)29)11-16(28)35-19(31)20(21,22)23/h2-3,10H,4-9,11-12H2,1H3,(H,32,33)/p-1. The molecule has 2 aliphatic heterocycles. The van der Waals surface area contributed by atoms with Crippen molar-refractivity contribution in [1.82, 2.24) is 14.7 Å². The number of anilines is 1. The van der Waals surface area contributed by atoms with E-state index < -0.39 is 47.8 Å². The summed E-state index contributed by atoms with van der Waals surface area (Å²) in [5.41, 5.74) is 0.0671. The molecule has 1 unspecified atom stereocenters. The van der Waals surface area contributed by atoms with Gasteiger partial charge in [0, 0.05) is 45.0 Å². The van der Waals surface area contributed by atoms with Gasteiger partial charge in [0.05, 0.1) is 22.5 Å². The fourth-order valence-corrected chi connectivity index (χ4v) is 3.86. The molecule has 2 heterocycles. The number of nitrogens with zero attached hydrogens (tertiary/aromatic N) is 4. The third-order valence-corrected chi connectivity index (χ3v) is 5.93. The van der Waals surface area contributed by atoms with Crippen molar-refractivity contribution >= 4 is 40.8 Å². The molecule has 1 aromatic carbocycles. The summed E-state index contributed by atoms with van der Waals surface area (Å²) in [4.78, 5) is 54.0. The lowest BCUT2D eigenvalue weighted by molar-refractivity contribution is -0.201. The summed E-state index contributed by atoms with van der Waals surface area (Å²) in [5.74, 6) is -6.44. The predicted octanol–water partition coefficient (Wildman–Crippen LogP) is -0.263. The van der Waals surface area contributed by atoms with Crippen LogP contribution in [-0.4, -0.2) is 113 Å². The summed E-state index contributed by atoms with van der Waals surface area (Å²) in [7, 11) is 2.00. The Morgan fingerprint density at radius 3 is 2.36 bits per heavy atom. The Morgan fingerprint density at radius 2 is 1.75 bits per heavy atom. The highest BCUT2D eigenvalue weighted by Crippen LogP contribution is 2.28. The Bertz CT molecular complexity index is 1060. The number of piperazine rings is 1. The van der Waals surface area contributed by atoms with Crippen molar-refractivity contribution in [2.75, 3.05) is 64.5 Å². The summed E-state index contributed by atoms with van der Waals surface area (Å²) in [6.07, 6.45) is -5.42. The minimum Gasteiger partial charge on any atom is -0.750 e. The molecule has 0 saturated carbocycles. The first-order valence-electron chi connectivity index (χ1n) is 10.6. The van der Waals surface area contributed by atoms with Gasteiger partial charge in [-0.05, 0) is 25.2 Å². The number of rotatable bonds is 9. The maximum absolute atomic E-state index is 12.7. The van der Waals surface area contributed by atoms with E-state index in [2.05, 4.69) is 18.7 Å². The van der Waals surface area contributed by atoms with Crippen LogP contribution in [0.3, 0.4) is 0 Å². The van der Waals surface area contributed by atoms with Gasteiger partial charge in [0.1, 0.15) is 13.3 Å². The number of halogens is 3. The van der Waals surface area contributed by atoms with Crippen molar-refractivity contribution in [3.63, 3.8) is 0 Å². The van der Waals surface area contributed by atoms with Crippen molar-refractivity contribution in [3.05, 3.63) is 29.3 Å². The van der Waals surface area contributed by atoms with Crippen LogP contribution in [0, 0.1) is 0 Å². The molecule has 1 aromatic rings. The van der Waals surface area contributed by atoms with Crippen LogP contribution < -0.4 is 4.90 Å². The zero-order chi connectivity index (χ0) is 26.6. The molecule has 2 amide bonds. The summed E-state index contributed by atoms with van der Waals surface area (Å²) in [6, 6.07) is 4.01. The quantitative estimate of drug-likeness (QED) is 0.136. The van der Waals surface area contributed by atoms with Gasteiger partial charge in [0.2, 0.25) is 0 Å². The molecular formula is C20H22F3N4O8S-. The van der Waals surface area contributed by atoms with Crippen molar-refractivity contribution in [2.24, 2.45) is 0 Å². The Labute approximate surface area is 206 Å². The van der Waals surface area contributed by atoms with Gasteiger partial charge in [-0.1, -0.05) is 0 Å². The molecule has 2 aliphatic rings. The van der Waals surface area contributed by atoms with Gasteiger partial charge in [-0.25, -0.2) is 13.8 Å². The molecule has 0 spiro atoms. The monoisotopic (exact) mass is 535 g/mol. The van der Waals surface area contributed by atoms with Gasteiger partial charge in [-0.3, -0.25) is 23.6 Å². The number of likely N-dealkylation sites (N-methyl/N-ethyl adjacent to an activating group) is 1. The molecule has 1 saturated heterocycles. The van der Waals surface area contributed by atoms with Crippen LogP contribution >= 0.6 is 0 Å². The average molecular weight is 535 g/mol. The maximum Gasteiger partial charge on any atom is 0.491 e. The molecule has 1 fully saturated rings. The SMILES string of the molecule is CN1CCN(CCN(COS(=O)[O-])c2ccc3c(c2)C(=O)N(CC(=O)OC(=O)C(F)(F)F)C3=O)CC1. The smallest absolute Gasteiger partial charge is 0.491 e. The normalized spacial score (nSPS) is 17.8. The van der Waals surface area contributed by atoms with Gasteiger partial charge in [0.15, 0.2) is 0 Å².